The summed E-state index contributed by atoms with van der Waals surface area (Å²) in [5.41, 5.74) is 0.775. The first-order chi connectivity index (χ1) is 11.1. The van der Waals surface area contributed by atoms with Crippen molar-refractivity contribution >= 4 is 29.9 Å². The number of carbonyl (C=O) groups excluding carboxylic acids is 1. The first-order valence-corrected chi connectivity index (χ1v) is 8.97. The Hall–Kier alpha value is -0.970. The van der Waals surface area contributed by atoms with Crippen LogP contribution in [0.15, 0.2) is 18.2 Å². The molecule has 0 aromatic heterocycles. The number of benzene rings is 1. The van der Waals surface area contributed by atoms with Crippen LogP contribution in [0, 0.1) is 5.41 Å². The lowest BCUT2D eigenvalue weighted by atomic mass is 9.71. The largest absolute Gasteiger partial charge is 0.491 e. The van der Waals surface area contributed by atoms with Crippen LogP contribution in [0.1, 0.15) is 38.2 Å². The van der Waals surface area contributed by atoms with Crippen molar-refractivity contribution in [3.63, 3.8) is 0 Å². The van der Waals surface area contributed by atoms with E-state index in [1.54, 1.807) is 0 Å². The highest BCUT2D eigenvalue weighted by atomic mass is 35.5. The number of hydrogen-bond acceptors (Lipinski definition) is 3. The molecule has 1 aromatic carbocycles. The van der Waals surface area contributed by atoms with Crippen LogP contribution in [0.2, 0.25) is 5.02 Å². The second-order valence-electron chi connectivity index (χ2n) is 7.03. The fourth-order valence-corrected chi connectivity index (χ4v) is 4.82. The highest BCUT2D eigenvalue weighted by Crippen LogP contribution is 2.47. The molecule has 3 heterocycles. The summed E-state index contributed by atoms with van der Waals surface area (Å²) in [5, 5.41) is 4.32. The number of hydrogen-bond donors (Lipinski definition) is 1. The molecule has 0 saturated carbocycles. The molecule has 0 spiro atoms. The fourth-order valence-electron chi connectivity index (χ4n) is 4.63. The van der Waals surface area contributed by atoms with Crippen molar-refractivity contribution in [1.82, 2.24) is 10.2 Å². The molecule has 1 N–H and O–H groups in total. The average Bonchev–Trinajstić information content (AvgIpc) is 3.10. The van der Waals surface area contributed by atoms with Gasteiger partial charge < -0.3 is 15.0 Å². The Morgan fingerprint density at radius 1 is 1.46 bits per heavy atom. The summed E-state index contributed by atoms with van der Waals surface area (Å²) in [7, 11) is 0. The molecule has 4 nitrogen and oxygen atoms in total. The molecule has 4 rings (SSSR count). The van der Waals surface area contributed by atoms with Crippen LogP contribution in [0.5, 0.6) is 5.75 Å². The van der Waals surface area contributed by atoms with Gasteiger partial charge in [0.25, 0.3) is 0 Å². The van der Waals surface area contributed by atoms with E-state index >= 15 is 0 Å². The molecule has 3 aliphatic heterocycles. The van der Waals surface area contributed by atoms with Crippen LogP contribution in [0.4, 0.5) is 0 Å². The third-order valence-electron chi connectivity index (χ3n) is 5.86. The van der Waals surface area contributed by atoms with Crippen LogP contribution < -0.4 is 10.1 Å². The lowest BCUT2D eigenvalue weighted by Crippen LogP contribution is -2.50. The van der Waals surface area contributed by atoms with Gasteiger partial charge in [-0.2, -0.15) is 0 Å². The second-order valence-corrected chi connectivity index (χ2v) is 7.47. The quantitative estimate of drug-likeness (QED) is 0.867. The van der Waals surface area contributed by atoms with E-state index in [2.05, 4.69) is 12.2 Å². The zero-order chi connectivity index (χ0) is 16.0. The van der Waals surface area contributed by atoms with Crippen molar-refractivity contribution in [2.45, 2.75) is 51.2 Å². The normalized spacial score (nSPS) is 31.0. The maximum atomic E-state index is 13.4. The Morgan fingerprint density at radius 2 is 2.29 bits per heavy atom. The number of carbonyl (C=O) groups is 1. The lowest BCUT2D eigenvalue weighted by molar-refractivity contribution is -0.144. The zero-order valence-electron chi connectivity index (χ0n) is 13.9. The molecule has 6 heteroatoms. The van der Waals surface area contributed by atoms with Gasteiger partial charge in [-0.1, -0.05) is 18.5 Å². The first kappa shape index (κ1) is 17.8. The predicted molar refractivity (Wildman–Crippen MR) is 96.9 cm³/mol. The predicted octanol–water partition coefficient (Wildman–Crippen LogP) is 3.40. The molecule has 0 aliphatic carbocycles. The maximum Gasteiger partial charge on any atom is 0.230 e. The standard InChI is InChI=1S/C18H23ClN2O2.ClH/c1-2-18(10-14-4-6-16(18)20-14)17(22)21-7-8-23-15-5-3-13(19)9-12(15)11-21;/h3,5,9,14,16,20H,2,4,6-8,10-11H2,1H3;1H/t14-,16+,18+;/m0./s1. The van der Waals surface area contributed by atoms with E-state index in [1.165, 1.54) is 6.42 Å². The van der Waals surface area contributed by atoms with E-state index in [4.69, 9.17) is 16.3 Å². The summed E-state index contributed by atoms with van der Waals surface area (Å²) in [4.78, 5) is 15.4. The second kappa shape index (κ2) is 6.74. The Balaban J connectivity index is 0.00000169. The van der Waals surface area contributed by atoms with E-state index in [1.807, 2.05) is 23.1 Å². The Bertz CT molecular complexity index is 639. The Morgan fingerprint density at radius 3 is 2.96 bits per heavy atom. The zero-order valence-corrected chi connectivity index (χ0v) is 15.5. The highest BCUT2D eigenvalue weighted by Gasteiger charge is 2.55. The molecule has 3 atom stereocenters. The minimum Gasteiger partial charge on any atom is -0.491 e. The number of halogens is 2. The van der Waals surface area contributed by atoms with Crippen molar-refractivity contribution < 1.29 is 9.53 Å². The van der Waals surface area contributed by atoms with E-state index in [0.717, 1.165) is 30.6 Å². The molecule has 0 unspecified atom stereocenters. The summed E-state index contributed by atoms with van der Waals surface area (Å²) < 4.78 is 5.81. The number of amides is 1. The molecule has 2 saturated heterocycles. The molecule has 3 aliphatic rings. The molecule has 132 valence electrons. The number of nitrogens with zero attached hydrogens (tertiary/aromatic N) is 1. The molecule has 1 aromatic rings. The van der Waals surface area contributed by atoms with Gasteiger partial charge in [-0.3, -0.25) is 4.79 Å². The van der Waals surface area contributed by atoms with Crippen LogP contribution in [0.3, 0.4) is 0 Å². The molecule has 24 heavy (non-hydrogen) atoms. The molecule has 2 fully saturated rings. The molecule has 0 radical (unpaired) electrons. The molecular formula is C18H24Cl2N2O2. The molecular weight excluding hydrogens is 347 g/mol. The van der Waals surface area contributed by atoms with E-state index in [0.29, 0.717) is 36.8 Å². The van der Waals surface area contributed by atoms with E-state index in [-0.39, 0.29) is 23.7 Å². The highest BCUT2D eigenvalue weighted by molar-refractivity contribution is 6.30. The third kappa shape index (κ3) is 2.79. The summed E-state index contributed by atoms with van der Waals surface area (Å²) in [6.07, 6.45) is 4.21. The van der Waals surface area contributed by atoms with Crippen molar-refractivity contribution in [3.05, 3.63) is 28.8 Å². The first-order valence-electron chi connectivity index (χ1n) is 8.59. The number of nitrogens with one attached hydrogen (secondary N) is 1. The SMILES string of the molecule is CC[C@@]1(C(=O)N2CCOc3ccc(Cl)cc3C2)C[C@@H]2CC[C@H]1N2.Cl. The Kier molecular flexibility index (Phi) is 5.01. The van der Waals surface area contributed by atoms with Crippen LogP contribution >= 0.6 is 24.0 Å². The average molecular weight is 371 g/mol. The van der Waals surface area contributed by atoms with Crippen molar-refractivity contribution in [1.29, 1.82) is 0 Å². The van der Waals surface area contributed by atoms with Gasteiger partial charge in [-0.25, -0.2) is 0 Å². The van der Waals surface area contributed by atoms with Crippen molar-refractivity contribution in [2.75, 3.05) is 13.2 Å². The van der Waals surface area contributed by atoms with Gasteiger partial charge in [-0.05, 0) is 43.9 Å². The molecule has 2 bridgehead atoms. The monoisotopic (exact) mass is 370 g/mol. The minimum atomic E-state index is -0.230. The number of fused-ring (bicyclic) bond motifs is 3. The third-order valence-corrected chi connectivity index (χ3v) is 6.10. The van der Waals surface area contributed by atoms with E-state index < -0.39 is 0 Å². The van der Waals surface area contributed by atoms with Gasteiger partial charge in [0.15, 0.2) is 0 Å². The summed E-state index contributed by atoms with van der Waals surface area (Å²) in [6, 6.07) is 6.52. The summed E-state index contributed by atoms with van der Waals surface area (Å²) >= 11 is 6.12. The summed E-state index contributed by atoms with van der Waals surface area (Å²) in [5.74, 6) is 1.14. The Labute approximate surface area is 154 Å². The minimum absolute atomic E-state index is 0. The van der Waals surface area contributed by atoms with Crippen molar-refractivity contribution in [3.8, 4) is 5.75 Å². The van der Waals surface area contributed by atoms with Gasteiger partial charge >= 0.3 is 0 Å². The number of rotatable bonds is 2. The summed E-state index contributed by atoms with van der Waals surface area (Å²) in [6.45, 7) is 3.93. The van der Waals surface area contributed by atoms with E-state index in [9.17, 15) is 4.79 Å². The maximum absolute atomic E-state index is 13.4. The van der Waals surface area contributed by atoms with Crippen molar-refractivity contribution in [2.24, 2.45) is 5.41 Å². The van der Waals surface area contributed by atoms with Gasteiger partial charge in [0.05, 0.1) is 12.0 Å². The topological polar surface area (TPSA) is 41.6 Å². The van der Waals surface area contributed by atoms with Crippen LogP contribution in [0.25, 0.3) is 0 Å². The number of ether oxygens (including phenoxy) is 1. The fraction of sp³-hybridized carbons (Fsp3) is 0.611. The lowest BCUT2D eigenvalue weighted by Gasteiger charge is -2.38. The van der Waals surface area contributed by atoms with Gasteiger partial charge in [0.1, 0.15) is 12.4 Å². The smallest absolute Gasteiger partial charge is 0.230 e. The van der Waals surface area contributed by atoms with Gasteiger partial charge in [0.2, 0.25) is 5.91 Å². The molecule has 1 amide bonds. The van der Waals surface area contributed by atoms with Gasteiger partial charge in [-0.15, -0.1) is 12.4 Å². The van der Waals surface area contributed by atoms with Crippen LogP contribution in [-0.4, -0.2) is 36.0 Å². The van der Waals surface area contributed by atoms with Crippen LogP contribution in [-0.2, 0) is 11.3 Å². The van der Waals surface area contributed by atoms with Gasteiger partial charge in [0, 0.05) is 29.2 Å².